The molecule has 0 unspecified atom stereocenters. The second-order valence-corrected chi connectivity index (χ2v) is 5.10. The van der Waals surface area contributed by atoms with Gasteiger partial charge in [-0.2, -0.15) is 5.10 Å². The van der Waals surface area contributed by atoms with E-state index in [2.05, 4.69) is 10.1 Å². The van der Waals surface area contributed by atoms with E-state index in [1.165, 1.54) is 6.20 Å². The minimum absolute atomic E-state index is 0.178. The quantitative estimate of drug-likeness (QED) is 0.804. The Hall–Kier alpha value is -2.60. The fourth-order valence-corrected chi connectivity index (χ4v) is 2.72. The second-order valence-electron chi connectivity index (χ2n) is 4.72. The average molecular weight is 317 g/mol. The molecular formula is C15H13ClN4O2. The molecule has 0 radical (unpaired) electrons. The van der Waals surface area contributed by atoms with Gasteiger partial charge in [0.05, 0.1) is 28.8 Å². The summed E-state index contributed by atoms with van der Waals surface area (Å²) in [5, 5.41) is 5.33. The zero-order valence-electron chi connectivity index (χ0n) is 12.0. The van der Waals surface area contributed by atoms with Crippen molar-refractivity contribution in [3.8, 4) is 11.4 Å². The smallest absolute Gasteiger partial charge is 0.251 e. The molecule has 0 fully saturated rings. The highest BCUT2D eigenvalue weighted by Crippen LogP contribution is 2.31. The first kappa shape index (κ1) is 14.3. The van der Waals surface area contributed by atoms with Crippen molar-refractivity contribution < 1.29 is 9.53 Å². The predicted molar refractivity (Wildman–Crippen MR) is 83.7 cm³/mol. The number of hydrogen-bond acceptors (Lipinski definition) is 4. The van der Waals surface area contributed by atoms with Gasteiger partial charge in [-0.1, -0.05) is 23.7 Å². The zero-order chi connectivity index (χ0) is 15.9. The van der Waals surface area contributed by atoms with E-state index in [0.29, 0.717) is 22.5 Å². The molecule has 2 aromatic heterocycles. The van der Waals surface area contributed by atoms with E-state index in [1.54, 1.807) is 18.7 Å². The molecule has 22 heavy (non-hydrogen) atoms. The van der Waals surface area contributed by atoms with Crippen LogP contribution in [-0.2, 0) is 0 Å². The van der Waals surface area contributed by atoms with Crippen LogP contribution in [0, 0.1) is 6.92 Å². The maximum atomic E-state index is 11.4. The van der Waals surface area contributed by atoms with Crippen LogP contribution in [-0.4, -0.2) is 27.8 Å². The van der Waals surface area contributed by atoms with Crippen LogP contribution >= 0.6 is 11.6 Å². The molecule has 7 heteroatoms. The number of para-hydroxylation sites is 2. The summed E-state index contributed by atoms with van der Waals surface area (Å²) in [4.78, 5) is 15.7. The van der Waals surface area contributed by atoms with E-state index in [9.17, 15) is 4.79 Å². The number of carbonyl (C=O) groups excluding carboxylic acids is 1. The third-order valence-corrected chi connectivity index (χ3v) is 3.78. The first-order valence-electron chi connectivity index (χ1n) is 6.51. The van der Waals surface area contributed by atoms with Gasteiger partial charge in [-0.25, -0.2) is 9.67 Å². The highest BCUT2D eigenvalue weighted by molar-refractivity contribution is 6.38. The Morgan fingerprint density at radius 1 is 1.36 bits per heavy atom. The minimum atomic E-state index is -0.621. The van der Waals surface area contributed by atoms with Crippen LogP contribution in [0.5, 0.6) is 5.75 Å². The summed E-state index contributed by atoms with van der Waals surface area (Å²) in [5.41, 5.74) is 7.41. The number of primary amides is 1. The van der Waals surface area contributed by atoms with E-state index >= 15 is 0 Å². The maximum Gasteiger partial charge on any atom is 0.251 e. The molecule has 3 rings (SSSR count). The Bertz CT molecular complexity index is 889. The number of nitrogens with zero attached hydrogens (tertiary/aromatic N) is 3. The molecule has 0 spiro atoms. The van der Waals surface area contributed by atoms with Crippen LogP contribution in [0.2, 0.25) is 5.02 Å². The van der Waals surface area contributed by atoms with Gasteiger partial charge < -0.3 is 10.5 Å². The number of carbonyl (C=O) groups is 1. The van der Waals surface area contributed by atoms with E-state index in [-0.39, 0.29) is 10.6 Å². The van der Waals surface area contributed by atoms with E-state index < -0.39 is 5.91 Å². The molecule has 0 aliphatic carbocycles. The van der Waals surface area contributed by atoms with Gasteiger partial charge in [-0.05, 0) is 19.1 Å². The minimum Gasteiger partial charge on any atom is -0.494 e. The van der Waals surface area contributed by atoms with Crippen LogP contribution in [0.1, 0.15) is 16.1 Å². The number of halogens is 1. The molecule has 112 valence electrons. The fraction of sp³-hybridized carbons (Fsp3) is 0.133. The normalized spacial score (nSPS) is 10.9. The Morgan fingerprint density at radius 3 is 2.77 bits per heavy atom. The number of benzene rings is 1. The van der Waals surface area contributed by atoms with Gasteiger partial charge in [-0.15, -0.1) is 0 Å². The number of ether oxygens (including phenoxy) is 1. The lowest BCUT2D eigenvalue weighted by atomic mass is 10.2. The summed E-state index contributed by atoms with van der Waals surface area (Å²) < 4.78 is 6.99. The number of hydrogen-bond donors (Lipinski definition) is 1. The summed E-state index contributed by atoms with van der Waals surface area (Å²) in [6.07, 6.45) is 1.36. The number of pyridine rings is 1. The number of aryl methyl sites for hydroxylation is 1. The lowest BCUT2D eigenvalue weighted by Crippen LogP contribution is -2.12. The predicted octanol–water partition coefficient (Wildman–Crippen LogP) is 2.49. The van der Waals surface area contributed by atoms with Gasteiger partial charge in [0.25, 0.3) is 5.91 Å². The van der Waals surface area contributed by atoms with Crippen LogP contribution < -0.4 is 10.5 Å². The number of amides is 1. The molecular weight excluding hydrogens is 304 g/mol. The third kappa shape index (κ3) is 2.08. The van der Waals surface area contributed by atoms with Crippen molar-refractivity contribution in [1.29, 1.82) is 0 Å². The number of aromatic nitrogens is 3. The van der Waals surface area contributed by atoms with Crippen LogP contribution in [0.3, 0.4) is 0 Å². The van der Waals surface area contributed by atoms with E-state index in [0.717, 1.165) is 5.69 Å². The molecule has 0 saturated carbocycles. The van der Waals surface area contributed by atoms with E-state index in [4.69, 9.17) is 22.1 Å². The highest BCUT2D eigenvalue weighted by Gasteiger charge is 2.19. The Kier molecular flexibility index (Phi) is 3.46. The fourth-order valence-electron chi connectivity index (χ4n) is 2.35. The molecule has 3 aromatic rings. The van der Waals surface area contributed by atoms with Crippen LogP contribution in [0.25, 0.3) is 16.7 Å². The van der Waals surface area contributed by atoms with Crippen molar-refractivity contribution in [1.82, 2.24) is 14.8 Å². The number of methoxy groups -OCH3 is 1. The number of fused-ring (bicyclic) bond motifs is 1. The second kappa shape index (κ2) is 5.31. The summed E-state index contributed by atoms with van der Waals surface area (Å²) >= 11 is 6.29. The van der Waals surface area contributed by atoms with Crippen molar-refractivity contribution in [3.63, 3.8) is 0 Å². The molecule has 0 aliphatic heterocycles. The monoisotopic (exact) mass is 316 g/mol. The zero-order valence-corrected chi connectivity index (χ0v) is 12.8. The van der Waals surface area contributed by atoms with E-state index in [1.807, 2.05) is 24.3 Å². The lowest BCUT2D eigenvalue weighted by Gasteiger charge is -2.08. The van der Waals surface area contributed by atoms with Gasteiger partial charge in [0.2, 0.25) is 0 Å². The van der Waals surface area contributed by atoms with Gasteiger partial charge >= 0.3 is 0 Å². The van der Waals surface area contributed by atoms with Gasteiger partial charge in [0.1, 0.15) is 11.4 Å². The topological polar surface area (TPSA) is 83.0 Å². The average Bonchev–Trinajstić information content (AvgIpc) is 2.85. The van der Waals surface area contributed by atoms with Crippen molar-refractivity contribution in [2.75, 3.05) is 7.11 Å². The molecule has 0 saturated heterocycles. The van der Waals surface area contributed by atoms with Crippen molar-refractivity contribution in [3.05, 3.63) is 46.7 Å². The van der Waals surface area contributed by atoms with Crippen LogP contribution in [0.15, 0.2) is 30.5 Å². The molecule has 1 aromatic carbocycles. The van der Waals surface area contributed by atoms with Crippen molar-refractivity contribution in [2.24, 2.45) is 5.73 Å². The molecule has 2 heterocycles. The Labute approximate surface area is 131 Å². The molecule has 0 atom stereocenters. The highest BCUT2D eigenvalue weighted by atomic mass is 35.5. The number of rotatable bonds is 3. The summed E-state index contributed by atoms with van der Waals surface area (Å²) in [6, 6.07) is 7.44. The van der Waals surface area contributed by atoms with Gasteiger partial charge in [0, 0.05) is 6.20 Å². The molecule has 2 N–H and O–H groups in total. The standard InChI is InChI=1S/C15H13ClN4O2/c1-8-12-13(16)9(14(17)21)7-18-15(12)20(19-8)10-5-3-4-6-11(10)22-2/h3-7H,1-2H3,(H2,17,21). The molecule has 1 amide bonds. The molecule has 0 bridgehead atoms. The summed E-state index contributed by atoms with van der Waals surface area (Å²) in [5.74, 6) is 0.0349. The van der Waals surface area contributed by atoms with Gasteiger partial charge in [0.15, 0.2) is 5.65 Å². The summed E-state index contributed by atoms with van der Waals surface area (Å²) in [6.45, 7) is 1.80. The van der Waals surface area contributed by atoms with Gasteiger partial charge in [-0.3, -0.25) is 4.79 Å². The number of nitrogens with two attached hydrogens (primary N) is 1. The SMILES string of the molecule is COc1ccccc1-n1nc(C)c2c(Cl)c(C(N)=O)cnc21. The lowest BCUT2D eigenvalue weighted by molar-refractivity contribution is 0.100. The summed E-state index contributed by atoms with van der Waals surface area (Å²) in [7, 11) is 1.59. The Morgan fingerprint density at radius 2 is 2.09 bits per heavy atom. The largest absolute Gasteiger partial charge is 0.494 e. The first-order valence-corrected chi connectivity index (χ1v) is 6.89. The molecule has 6 nitrogen and oxygen atoms in total. The van der Waals surface area contributed by atoms with Crippen LogP contribution in [0.4, 0.5) is 0 Å². The molecule has 0 aliphatic rings. The maximum absolute atomic E-state index is 11.4. The van der Waals surface area contributed by atoms with Crippen molar-refractivity contribution >= 4 is 28.5 Å². The van der Waals surface area contributed by atoms with Crippen molar-refractivity contribution in [2.45, 2.75) is 6.92 Å². The first-order chi connectivity index (χ1) is 10.5. The Balaban J connectivity index is 2.34. The third-order valence-electron chi connectivity index (χ3n) is 3.39.